The molecule has 9 heteroatoms. The molecule has 0 fully saturated rings. The lowest BCUT2D eigenvalue weighted by molar-refractivity contribution is 0.0449. The first-order valence-electron chi connectivity index (χ1n) is 10.0. The monoisotopic (exact) mass is 470 g/mol. The molecule has 0 aromatic heterocycles. The predicted octanol–water partition coefficient (Wildman–Crippen LogP) is 3.85. The molecule has 0 aliphatic rings. The van der Waals surface area contributed by atoms with Crippen molar-refractivity contribution in [2.24, 2.45) is 0 Å². The fourth-order valence-electron chi connectivity index (χ4n) is 2.86. The van der Waals surface area contributed by atoms with Crippen LogP contribution >= 0.6 is 0 Å². The third kappa shape index (κ3) is 6.11. The number of aromatic carboxylic acids is 1. The zero-order valence-electron chi connectivity index (χ0n) is 17.8. The average Bonchev–Trinajstić information content (AvgIpc) is 2.82. The molecule has 172 valence electrons. The number of ether oxygens (including phenoxy) is 3. The van der Waals surface area contributed by atoms with Gasteiger partial charge in [-0.1, -0.05) is 0 Å². The van der Waals surface area contributed by atoms with Gasteiger partial charge in [0.25, 0.3) is 0 Å². The van der Waals surface area contributed by atoms with E-state index in [-0.39, 0.29) is 34.1 Å². The van der Waals surface area contributed by atoms with Crippen LogP contribution in [0.25, 0.3) is 0 Å². The summed E-state index contributed by atoms with van der Waals surface area (Å²) in [7, 11) is -3.68. The van der Waals surface area contributed by atoms with Crippen LogP contribution in [0.15, 0.2) is 82.6 Å². The number of carboxylic acids is 1. The smallest absolute Gasteiger partial charge is 0.338 e. The van der Waals surface area contributed by atoms with Crippen molar-refractivity contribution in [1.29, 1.82) is 0 Å². The maximum atomic E-state index is 12.8. The first-order chi connectivity index (χ1) is 15.8. The highest BCUT2D eigenvalue weighted by atomic mass is 32.2. The molecule has 0 bridgehead atoms. The average molecular weight is 470 g/mol. The van der Waals surface area contributed by atoms with Gasteiger partial charge in [0.15, 0.2) is 0 Å². The summed E-state index contributed by atoms with van der Waals surface area (Å²) in [6.07, 6.45) is 0. The van der Waals surface area contributed by atoms with E-state index in [1.54, 1.807) is 12.1 Å². The van der Waals surface area contributed by atoms with Gasteiger partial charge in [0.2, 0.25) is 9.84 Å². The number of hydrogen-bond donors (Lipinski definition) is 1. The summed E-state index contributed by atoms with van der Waals surface area (Å²) in [5.74, 6) is -0.672. The molecular weight excluding hydrogens is 448 g/mol. The number of carboxylic acid groups (broad SMARTS) is 1. The molecule has 1 N–H and O–H groups in total. The van der Waals surface area contributed by atoms with Gasteiger partial charge < -0.3 is 19.3 Å². The maximum absolute atomic E-state index is 12.8. The summed E-state index contributed by atoms with van der Waals surface area (Å²) in [6, 6.07) is 17.5. The third-order valence-electron chi connectivity index (χ3n) is 4.53. The number of carbonyl (C=O) groups excluding carboxylic acids is 1. The van der Waals surface area contributed by atoms with E-state index in [2.05, 4.69) is 0 Å². The Morgan fingerprint density at radius 2 is 1.21 bits per heavy atom. The molecule has 0 heterocycles. The van der Waals surface area contributed by atoms with Gasteiger partial charge in [0.1, 0.15) is 24.7 Å². The van der Waals surface area contributed by atoms with Crippen LogP contribution in [0.2, 0.25) is 0 Å². The zero-order chi connectivity index (χ0) is 23.8. The minimum absolute atomic E-state index is 0.0360. The fourth-order valence-corrected chi connectivity index (χ4v) is 4.12. The highest BCUT2D eigenvalue weighted by molar-refractivity contribution is 7.91. The van der Waals surface area contributed by atoms with Crippen molar-refractivity contribution >= 4 is 21.8 Å². The predicted molar refractivity (Wildman–Crippen MR) is 119 cm³/mol. The molecule has 0 atom stereocenters. The molecule has 3 aromatic carbocycles. The quantitative estimate of drug-likeness (QED) is 0.351. The van der Waals surface area contributed by atoms with E-state index in [0.29, 0.717) is 18.1 Å². The molecule has 0 unspecified atom stereocenters. The molecule has 0 radical (unpaired) electrons. The summed E-state index contributed by atoms with van der Waals surface area (Å²) >= 11 is 0. The lowest BCUT2D eigenvalue weighted by Gasteiger charge is -2.09. The number of carbonyl (C=O) groups is 2. The van der Waals surface area contributed by atoms with Crippen molar-refractivity contribution in [3.8, 4) is 11.5 Å². The van der Waals surface area contributed by atoms with E-state index < -0.39 is 21.8 Å². The number of benzene rings is 3. The Kier molecular flexibility index (Phi) is 7.68. The number of sulfone groups is 1. The van der Waals surface area contributed by atoms with Crippen molar-refractivity contribution in [1.82, 2.24) is 0 Å². The molecule has 33 heavy (non-hydrogen) atoms. The molecule has 0 amide bonds. The second-order valence-corrected chi connectivity index (χ2v) is 8.70. The van der Waals surface area contributed by atoms with E-state index >= 15 is 0 Å². The second kappa shape index (κ2) is 10.6. The largest absolute Gasteiger partial charge is 0.494 e. The van der Waals surface area contributed by atoms with Crippen molar-refractivity contribution in [2.75, 3.05) is 19.8 Å². The van der Waals surface area contributed by atoms with Crippen LogP contribution in [0.3, 0.4) is 0 Å². The van der Waals surface area contributed by atoms with Gasteiger partial charge in [-0.05, 0) is 79.7 Å². The summed E-state index contributed by atoms with van der Waals surface area (Å²) in [4.78, 5) is 23.1. The zero-order valence-corrected chi connectivity index (χ0v) is 18.6. The Bertz CT molecular complexity index is 1200. The molecule has 3 rings (SSSR count). The Balaban J connectivity index is 1.52. The summed E-state index contributed by atoms with van der Waals surface area (Å²) < 4.78 is 41.5. The van der Waals surface area contributed by atoms with Crippen LogP contribution in [0.1, 0.15) is 27.6 Å². The fraction of sp³-hybridized carbons (Fsp3) is 0.167. The molecule has 0 aliphatic carbocycles. The van der Waals surface area contributed by atoms with E-state index in [1.807, 2.05) is 6.92 Å². The van der Waals surface area contributed by atoms with E-state index in [4.69, 9.17) is 19.3 Å². The van der Waals surface area contributed by atoms with Crippen LogP contribution in [-0.4, -0.2) is 45.3 Å². The van der Waals surface area contributed by atoms with Crippen LogP contribution in [0.4, 0.5) is 0 Å². The van der Waals surface area contributed by atoms with Crippen LogP contribution in [-0.2, 0) is 14.6 Å². The topological polar surface area (TPSA) is 116 Å². The van der Waals surface area contributed by atoms with E-state index in [0.717, 1.165) is 0 Å². The molecule has 0 saturated heterocycles. The molecule has 0 saturated carbocycles. The summed E-state index contributed by atoms with van der Waals surface area (Å²) in [6.45, 7) is 2.36. The van der Waals surface area contributed by atoms with Crippen molar-refractivity contribution in [3.63, 3.8) is 0 Å². The van der Waals surface area contributed by atoms with Crippen LogP contribution < -0.4 is 9.47 Å². The van der Waals surface area contributed by atoms with Gasteiger partial charge in [-0.2, -0.15) is 0 Å². The lowest BCUT2D eigenvalue weighted by atomic mass is 10.1. The van der Waals surface area contributed by atoms with Crippen LogP contribution in [0.5, 0.6) is 11.5 Å². The van der Waals surface area contributed by atoms with Gasteiger partial charge in [0.05, 0.1) is 27.5 Å². The number of hydrogen-bond acceptors (Lipinski definition) is 7. The minimum Gasteiger partial charge on any atom is -0.494 e. The molecule has 8 nitrogen and oxygen atoms in total. The Hall–Kier alpha value is -3.85. The van der Waals surface area contributed by atoms with Gasteiger partial charge >= 0.3 is 11.9 Å². The highest BCUT2D eigenvalue weighted by Gasteiger charge is 2.17. The van der Waals surface area contributed by atoms with Crippen LogP contribution in [0, 0.1) is 0 Å². The summed E-state index contributed by atoms with van der Waals surface area (Å²) in [5.41, 5.74) is 0.298. The Morgan fingerprint density at radius 3 is 1.70 bits per heavy atom. The van der Waals surface area contributed by atoms with Gasteiger partial charge in [-0.3, -0.25) is 0 Å². The first kappa shape index (κ1) is 23.8. The minimum atomic E-state index is -3.68. The normalized spacial score (nSPS) is 10.9. The van der Waals surface area contributed by atoms with Gasteiger partial charge in [-0.25, -0.2) is 18.0 Å². The standard InChI is InChI=1S/C24H22O8S/c1-2-30-19-7-11-21(12-8-19)33(28,29)22-13-9-20(10-14-22)31-15-16-32-24(27)18-5-3-17(4-6-18)23(25)26/h3-14H,2,15-16H2,1H3,(H,25,26). The van der Waals surface area contributed by atoms with E-state index in [9.17, 15) is 18.0 Å². The number of esters is 1. The van der Waals surface area contributed by atoms with E-state index in [1.165, 1.54) is 60.7 Å². The van der Waals surface area contributed by atoms with Crippen molar-refractivity contribution < 1.29 is 37.3 Å². The van der Waals surface area contributed by atoms with Gasteiger partial charge in [0, 0.05) is 0 Å². The van der Waals surface area contributed by atoms with Crippen molar-refractivity contribution in [2.45, 2.75) is 16.7 Å². The molecule has 3 aromatic rings. The van der Waals surface area contributed by atoms with Crippen molar-refractivity contribution in [3.05, 3.63) is 83.9 Å². The first-order valence-corrected chi connectivity index (χ1v) is 11.5. The number of rotatable bonds is 10. The Morgan fingerprint density at radius 1 is 0.727 bits per heavy atom. The van der Waals surface area contributed by atoms with Gasteiger partial charge in [-0.15, -0.1) is 0 Å². The Labute approximate surface area is 191 Å². The maximum Gasteiger partial charge on any atom is 0.338 e. The molecule has 0 spiro atoms. The highest BCUT2D eigenvalue weighted by Crippen LogP contribution is 2.25. The second-order valence-electron chi connectivity index (χ2n) is 6.75. The molecular formula is C24H22O8S. The molecule has 0 aliphatic heterocycles. The third-order valence-corrected chi connectivity index (χ3v) is 6.32. The lowest BCUT2D eigenvalue weighted by Crippen LogP contribution is -2.12. The SMILES string of the molecule is CCOc1ccc(S(=O)(=O)c2ccc(OCCOC(=O)c3ccc(C(=O)O)cc3)cc2)cc1. The summed E-state index contributed by atoms with van der Waals surface area (Å²) in [5, 5.41) is 8.87.